The van der Waals surface area contributed by atoms with Gasteiger partial charge in [0.05, 0.1) is 11.4 Å². The second-order valence-corrected chi connectivity index (χ2v) is 6.69. The van der Waals surface area contributed by atoms with Gasteiger partial charge in [-0.05, 0) is 66.7 Å². The average molecular weight is 412 g/mol. The van der Waals surface area contributed by atoms with Crippen LogP contribution in [0.25, 0.3) is 11.4 Å². The maximum absolute atomic E-state index is 12.6. The lowest BCUT2D eigenvalue weighted by Crippen LogP contribution is -2.14. The molecule has 4 aromatic rings. The van der Waals surface area contributed by atoms with Gasteiger partial charge in [-0.15, -0.1) is 0 Å². The van der Waals surface area contributed by atoms with Crippen molar-refractivity contribution >= 4 is 28.9 Å². The van der Waals surface area contributed by atoms with Crippen LogP contribution in [0.3, 0.4) is 0 Å². The van der Waals surface area contributed by atoms with Crippen LogP contribution < -0.4 is 16.0 Å². The number of benzene rings is 2. The van der Waals surface area contributed by atoms with Crippen molar-refractivity contribution in [1.82, 2.24) is 15.2 Å². The average Bonchev–Trinajstić information content (AvgIpc) is 3.35. The zero-order valence-electron chi connectivity index (χ0n) is 16.7. The summed E-state index contributed by atoms with van der Waals surface area (Å²) < 4.78 is 0. The van der Waals surface area contributed by atoms with Gasteiger partial charge in [-0.3, -0.25) is 14.7 Å². The van der Waals surface area contributed by atoms with Crippen molar-refractivity contribution in [3.05, 3.63) is 90.3 Å². The number of pyridine rings is 1. The summed E-state index contributed by atoms with van der Waals surface area (Å²) in [5.41, 5.74) is 4.35. The molecule has 8 heteroatoms. The summed E-state index contributed by atoms with van der Waals surface area (Å²) in [5.74, 6) is -0.540. The van der Waals surface area contributed by atoms with Gasteiger partial charge < -0.3 is 16.0 Å². The third-order valence-corrected chi connectivity index (χ3v) is 4.59. The number of rotatable bonds is 6. The molecule has 2 aromatic carbocycles. The van der Waals surface area contributed by atoms with Crippen LogP contribution in [-0.2, 0) is 0 Å². The molecule has 0 bridgehead atoms. The molecular weight excluding hydrogens is 392 g/mol. The first-order chi connectivity index (χ1) is 15.1. The van der Waals surface area contributed by atoms with Crippen LogP contribution in [0.15, 0.2) is 79.0 Å². The van der Waals surface area contributed by atoms with Gasteiger partial charge in [0.25, 0.3) is 11.8 Å². The quantitative estimate of drug-likeness (QED) is 0.382. The van der Waals surface area contributed by atoms with Gasteiger partial charge in [0.1, 0.15) is 5.69 Å². The number of carbonyl (C=O) groups is 2. The monoisotopic (exact) mass is 412 g/mol. The van der Waals surface area contributed by atoms with E-state index in [-0.39, 0.29) is 17.5 Å². The fourth-order valence-electron chi connectivity index (χ4n) is 2.93. The van der Waals surface area contributed by atoms with Crippen LogP contribution in [0.5, 0.6) is 0 Å². The minimum atomic E-state index is -0.331. The smallest absolute Gasteiger partial charge is 0.274 e. The Kier molecular flexibility index (Phi) is 5.70. The van der Waals surface area contributed by atoms with Crippen molar-refractivity contribution in [2.75, 3.05) is 23.0 Å². The Morgan fingerprint density at radius 1 is 0.774 bits per heavy atom. The van der Waals surface area contributed by atoms with Crippen molar-refractivity contribution in [2.45, 2.75) is 0 Å². The van der Waals surface area contributed by atoms with Crippen LogP contribution in [0, 0.1) is 0 Å². The molecule has 2 aromatic heterocycles. The number of H-pyrrole nitrogens is 1. The van der Waals surface area contributed by atoms with Gasteiger partial charge in [0, 0.05) is 35.9 Å². The van der Waals surface area contributed by atoms with E-state index in [4.69, 9.17) is 0 Å². The van der Waals surface area contributed by atoms with Crippen molar-refractivity contribution in [1.29, 1.82) is 0 Å². The summed E-state index contributed by atoms with van der Waals surface area (Å²) in [5, 5.41) is 15.4. The number of aromatic amines is 1. The lowest BCUT2D eigenvalue weighted by atomic mass is 10.2. The lowest BCUT2D eigenvalue weighted by Gasteiger charge is -2.09. The highest BCUT2D eigenvalue weighted by molar-refractivity contribution is 6.05. The number of aromatic nitrogens is 3. The Morgan fingerprint density at radius 2 is 1.42 bits per heavy atom. The third kappa shape index (κ3) is 4.76. The Balaban J connectivity index is 1.39. The first-order valence-corrected chi connectivity index (χ1v) is 9.60. The van der Waals surface area contributed by atoms with Crippen molar-refractivity contribution in [2.24, 2.45) is 0 Å². The minimum absolute atomic E-state index is 0.209. The van der Waals surface area contributed by atoms with E-state index in [9.17, 15) is 9.59 Å². The number of carbonyl (C=O) groups excluding carboxylic acids is 2. The van der Waals surface area contributed by atoms with Gasteiger partial charge in [-0.2, -0.15) is 5.10 Å². The first-order valence-electron chi connectivity index (χ1n) is 9.60. The van der Waals surface area contributed by atoms with E-state index in [0.29, 0.717) is 22.6 Å². The second-order valence-electron chi connectivity index (χ2n) is 6.69. The molecule has 0 fully saturated rings. The molecule has 4 N–H and O–H groups in total. The van der Waals surface area contributed by atoms with Crippen LogP contribution >= 0.6 is 0 Å². The van der Waals surface area contributed by atoms with E-state index in [1.54, 1.807) is 66.9 Å². The molecule has 2 heterocycles. The van der Waals surface area contributed by atoms with E-state index in [1.807, 2.05) is 19.2 Å². The largest absolute Gasteiger partial charge is 0.388 e. The zero-order chi connectivity index (χ0) is 21.6. The Bertz CT molecular complexity index is 1190. The van der Waals surface area contributed by atoms with E-state index < -0.39 is 0 Å². The fraction of sp³-hybridized carbons (Fsp3) is 0.0435. The molecule has 0 saturated heterocycles. The number of hydrogen-bond donors (Lipinski definition) is 4. The van der Waals surface area contributed by atoms with E-state index in [0.717, 1.165) is 11.4 Å². The first kappa shape index (κ1) is 19.8. The summed E-state index contributed by atoms with van der Waals surface area (Å²) in [4.78, 5) is 29.3. The molecule has 0 radical (unpaired) electrons. The van der Waals surface area contributed by atoms with Crippen molar-refractivity contribution in [3.8, 4) is 11.4 Å². The predicted octanol–water partition coefficient (Wildman–Crippen LogP) is 4.02. The molecule has 31 heavy (non-hydrogen) atoms. The molecule has 154 valence electrons. The van der Waals surface area contributed by atoms with Crippen LogP contribution in [0.1, 0.15) is 20.8 Å². The fourth-order valence-corrected chi connectivity index (χ4v) is 2.93. The second kappa shape index (κ2) is 8.91. The number of anilines is 3. The highest BCUT2D eigenvalue weighted by Crippen LogP contribution is 2.18. The standard InChI is InChI=1S/C23H20N6O2/c1-24-16-7-5-15(6-8-16)22(30)26-17-9-11-18(12-10-17)27-23(31)21-4-2-3-19(28-21)20-13-14-25-29-20/h2-14,24H,1H3,(H,25,29)(H,26,30)(H,27,31). The molecule has 2 amide bonds. The molecule has 0 aliphatic heterocycles. The summed E-state index contributed by atoms with van der Waals surface area (Å²) in [6.07, 6.45) is 1.63. The van der Waals surface area contributed by atoms with Crippen molar-refractivity contribution < 1.29 is 9.59 Å². The topological polar surface area (TPSA) is 112 Å². The molecule has 0 aliphatic rings. The third-order valence-electron chi connectivity index (χ3n) is 4.59. The summed E-state index contributed by atoms with van der Waals surface area (Å²) in [7, 11) is 1.82. The lowest BCUT2D eigenvalue weighted by molar-refractivity contribution is 0.101. The van der Waals surface area contributed by atoms with E-state index in [1.165, 1.54) is 0 Å². The molecular formula is C23H20N6O2. The number of nitrogens with one attached hydrogen (secondary N) is 4. The van der Waals surface area contributed by atoms with Gasteiger partial charge in [-0.25, -0.2) is 4.98 Å². The summed E-state index contributed by atoms with van der Waals surface area (Å²) >= 11 is 0. The number of amides is 2. The SMILES string of the molecule is CNc1ccc(C(=O)Nc2ccc(NC(=O)c3cccc(-c4ccn[nH]4)n3)cc2)cc1. The van der Waals surface area contributed by atoms with Gasteiger partial charge >= 0.3 is 0 Å². The highest BCUT2D eigenvalue weighted by Gasteiger charge is 2.11. The number of nitrogens with zero attached hydrogens (tertiary/aromatic N) is 2. The van der Waals surface area contributed by atoms with Gasteiger partial charge in [0.15, 0.2) is 0 Å². The predicted molar refractivity (Wildman–Crippen MR) is 120 cm³/mol. The summed E-state index contributed by atoms with van der Waals surface area (Å²) in [6, 6.07) is 21.1. The van der Waals surface area contributed by atoms with Crippen LogP contribution in [0.4, 0.5) is 17.1 Å². The van der Waals surface area contributed by atoms with Crippen molar-refractivity contribution in [3.63, 3.8) is 0 Å². The Morgan fingerprint density at radius 3 is 2.03 bits per heavy atom. The van der Waals surface area contributed by atoms with Gasteiger partial charge in [-0.1, -0.05) is 6.07 Å². The molecule has 0 aliphatic carbocycles. The molecule has 0 unspecified atom stereocenters. The number of hydrogen-bond acceptors (Lipinski definition) is 5. The minimum Gasteiger partial charge on any atom is -0.388 e. The highest BCUT2D eigenvalue weighted by atomic mass is 16.2. The zero-order valence-corrected chi connectivity index (χ0v) is 16.7. The van der Waals surface area contributed by atoms with E-state index >= 15 is 0 Å². The molecule has 0 saturated carbocycles. The maximum atomic E-state index is 12.6. The molecule has 4 rings (SSSR count). The molecule has 8 nitrogen and oxygen atoms in total. The Labute approximate surface area is 178 Å². The molecule has 0 spiro atoms. The van der Waals surface area contributed by atoms with Gasteiger partial charge in [0.2, 0.25) is 0 Å². The normalized spacial score (nSPS) is 10.4. The molecule has 0 atom stereocenters. The Hall–Kier alpha value is -4.46. The van der Waals surface area contributed by atoms with Crippen LogP contribution in [0.2, 0.25) is 0 Å². The summed E-state index contributed by atoms with van der Waals surface area (Å²) in [6.45, 7) is 0. The van der Waals surface area contributed by atoms with E-state index in [2.05, 4.69) is 31.1 Å². The van der Waals surface area contributed by atoms with Crippen LogP contribution in [-0.4, -0.2) is 34.0 Å². The maximum Gasteiger partial charge on any atom is 0.274 e.